The third kappa shape index (κ3) is 7.14. The maximum Gasteiger partial charge on any atom is 0.330 e. The van der Waals surface area contributed by atoms with Crippen molar-refractivity contribution in [3.05, 3.63) is 23.8 Å². The van der Waals surface area contributed by atoms with Crippen molar-refractivity contribution in [2.45, 2.75) is 84.7 Å². The predicted molar refractivity (Wildman–Crippen MR) is 134 cm³/mol. The Morgan fingerprint density at radius 3 is 1.97 bits per heavy atom. The van der Waals surface area contributed by atoms with E-state index in [0.717, 1.165) is 0 Å². The third-order valence-corrected chi connectivity index (χ3v) is 14.9. The number of hydrogen-bond donors (Lipinski definition) is 0. The second-order valence-electron chi connectivity index (χ2n) is 10.8. The van der Waals surface area contributed by atoms with Gasteiger partial charge in [0.05, 0.1) is 17.8 Å². The van der Waals surface area contributed by atoms with Crippen LogP contribution in [0, 0.1) is 0 Å². The van der Waals surface area contributed by atoms with Crippen molar-refractivity contribution in [3.63, 3.8) is 0 Å². The first kappa shape index (κ1) is 22.5. The van der Waals surface area contributed by atoms with Crippen molar-refractivity contribution in [1.82, 2.24) is 0 Å². The zero-order chi connectivity index (χ0) is 26.8. The first-order valence-electron chi connectivity index (χ1n) is 12.2. The molecule has 0 saturated carbocycles. The van der Waals surface area contributed by atoms with Gasteiger partial charge in [-0.25, -0.2) is 4.79 Å². The van der Waals surface area contributed by atoms with Gasteiger partial charge in [0.25, 0.3) is 16.6 Å². The second kappa shape index (κ2) is 9.82. The third-order valence-electron chi connectivity index (χ3n) is 6.19. The first-order chi connectivity index (χ1) is 15.1. The summed E-state index contributed by atoms with van der Waals surface area (Å²) in [5, 5.41) is -0.246. The lowest BCUT2D eigenvalue weighted by Crippen LogP contribution is -2.45. The number of methoxy groups -OCH3 is 1. The molecule has 7 heteroatoms. The second-order valence-corrected chi connectivity index (χ2v) is 20.2. The van der Waals surface area contributed by atoms with Crippen molar-refractivity contribution >= 4 is 28.7 Å². The van der Waals surface area contributed by atoms with Crippen LogP contribution in [0.15, 0.2) is 18.2 Å². The van der Waals surface area contributed by atoms with E-state index < -0.39 is 29.6 Å². The molecule has 0 bridgehead atoms. The fourth-order valence-corrected chi connectivity index (χ4v) is 4.16. The zero-order valence-corrected chi connectivity index (χ0v) is 23.1. The van der Waals surface area contributed by atoms with Gasteiger partial charge in [-0.1, -0.05) is 41.5 Å². The fourth-order valence-electron chi connectivity index (χ4n) is 2.14. The van der Waals surface area contributed by atoms with E-state index in [1.165, 1.54) is 6.08 Å². The summed E-state index contributed by atoms with van der Waals surface area (Å²) in [6.07, 6.45) is 2.85. The molecule has 31 heavy (non-hydrogen) atoms. The molecule has 0 aliphatic carbocycles. The molecule has 5 nitrogen and oxygen atoms in total. The van der Waals surface area contributed by atoms with Crippen molar-refractivity contribution in [1.29, 1.82) is 0 Å². The number of benzene rings is 1. The van der Waals surface area contributed by atoms with E-state index in [0.29, 0.717) is 17.1 Å². The summed E-state index contributed by atoms with van der Waals surface area (Å²) < 4.78 is 46.7. The Morgan fingerprint density at radius 2 is 1.48 bits per heavy atom. The summed E-state index contributed by atoms with van der Waals surface area (Å²) in [5.41, 5.74) is 0.545. The van der Waals surface area contributed by atoms with Gasteiger partial charge in [0.2, 0.25) is 0 Å². The minimum Gasteiger partial charge on any atom is -0.541 e. The van der Waals surface area contributed by atoms with Gasteiger partial charge < -0.3 is 18.3 Å². The number of carbonyl (C=O) groups excluding carboxylic acids is 1. The van der Waals surface area contributed by atoms with Gasteiger partial charge in [0, 0.05) is 6.08 Å². The van der Waals surface area contributed by atoms with Gasteiger partial charge in [0.1, 0.15) is 5.75 Å². The molecule has 1 rings (SSSR count). The van der Waals surface area contributed by atoms with Crippen LogP contribution >= 0.6 is 0 Å². The Kier molecular flexibility index (Phi) is 7.11. The van der Waals surface area contributed by atoms with Gasteiger partial charge >= 0.3 is 5.97 Å². The van der Waals surface area contributed by atoms with Crippen molar-refractivity contribution in [3.8, 4) is 17.2 Å². The molecular formula is C24H42O5Si2. The Morgan fingerprint density at radius 1 is 0.968 bits per heavy atom. The van der Waals surface area contributed by atoms with Gasteiger partial charge in [-0.2, -0.15) is 0 Å². The van der Waals surface area contributed by atoms with Crippen LogP contribution in [-0.4, -0.2) is 36.2 Å². The smallest absolute Gasteiger partial charge is 0.330 e. The molecule has 0 amide bonds. The van der Waals surface area contributed by atoms with E-state index in [9.17, 15) is 4.79 Å². The minimum atomic E-state index is -2.69. The lowest BCUT2D eigenvalue weighted by atomic mass is 10.1. The van der Waals surface area contributed by atoms with Crippen LogP contribution in [0.1, 0.15) is 58.1 Å². The van der Waals surface area contributed by atoms with E-state index in [1.54, 1.807) is 25.1 Å². The van der Waals surface area contributed by atoms with Crippen LogP contribution in [-0.2, 0) is 9.53 Å². The average molecular weight is 470 g/mol. The molecule has 0 heterocycles. The molecule has 0 saturated heterocycles. The van der Waals surface area contributed by atoms with E-state index in [1.807, 2.05) is 0 Å². The molecule has 0 aromatic heterocycles. The normalized spacial score (nSPS) is 15.1. The molecule has 0 fully saturated rings. The molecule has 1 aromatic rings. The monoisotopic (exact) mass is 469 g/mol. The Balaban J connectivity index is 3.81. The summed E-state index contributed by atoms with van der Waals surface area (Å²) in [4.78, 5) is 11.9. The summed E-state index contributed by atoms with van der Waals surface area (Å²) >= 11 is 0. The van der Waals surface area contributed by atoms with Gasteiger partial charge in [-0.3, -0.25) is 0 Å². The molecule has 0 atom stereocenters. The molecule has 0 radical (unpaired) electrons. The number of hydrogen-bond acceptors (Lipinski definition) is 5. The topological polar surface area (TPSA) is 54.0 Å². The summed E-state index contributed by atoms with van der Waals surface area (Å²) in [6, 6.07) is 3.33. The van der Waals surface area contributed by atoms with Crippen LogP contribution in [0.5, 0.6) is 17.2 Å². The zero-order valence-electron chi connectivity index (χ0n) is 24.1. The molecule has 0 aliphatic rings. The van der Waals surface area contributed by atoms with Crippen molar-refractivity contribution in [2.75, 3.05) is 13.6 Å². The highest BCUT2D eigenvalue weighted by Gasteiger charge is 2.43. The van der Waals surface area contributed by atoms with Crippen LogP contribution in [0.25, 0.3) is 6.08 Å². The number of esters is 1. The van der Waals surface area contributed by atoms with E-state index in [2.05, 4.69) is 67.7 Å². The molecular weight excluding hydrogens is 424 g/mol. The number of rotatable bonds is 8. The molecule has 0 N–H and O–H groups in total. The highest BCUT2D eigenvalue weighted by molar-refractivity contribution is 6.75. The van der Waals surface area contributed by atoms with E-state index in [4.69, 9.17) is 22.4 Å². The van der Waals surface area contributed by atoms with Crippen LogP contribution < -0.4 is 13.6 Å². The number of carbonyl (C=O) groups is 1. The van der Waals surface area contributed by atoms with Crippen molar-refractivity contribution in [2.24, 2.45) is 0 Å². The van der Waals surface area contributed by atoms with Gasteiger partial charge in [0.15, 0.2) is 11.5 Å². The quantitative estimate of drug-likeness (QED) is 0.232. The predicted octanol–water partition coefficient (Wildman–Crippen LogP) is 7.04. The Hall–Kier alpha value is -1.74. The molecule has 0 unspecified atom stereocenters. The highest BCUT2D eigenvalue weighted by Crippen LogP contribution is 2.47. The van der Waals surface area contributed by atoms with Gasteiger partial charge in [-0.15, -0.1) is 0 Å². The van der Waals surface area contributed by atoms with Crippen LogP contribution in [0.4, 0.5) is 0 Å². The largest absolute Gasteiger partial charge is 0.541 e. The number of ether oxygens (including phenoxy) is 2. The van der Waals surface area contributed by atoms with Gasteiger partial charge in [-0.05, 0) is 67.0 Å². The standard InChI is InChI=1S/C24H42O5Si2/c1-13-27-21(25)15-14-18-16-19(26-8)22(29-31(11,12)24(5,6)7)20(17-18)28-30(9,10)23(2,3)4/h14-17H,13H2,1-12H3/b15-14+/i8D3. The summed E-state index contributed by atoms with van der Waals surface area (Å²) in [6.45, 7) is 23.0. The maximum atomic E-state index is 11.9. The summed E-state index contributed by atoms with van der Waals surface area (Å²) in [7, 11) is -7.42. The Labute approximate surface area is 195 Å². The summed E-state index contributed by atoms with van der Waals surface area (Å²) in [5.74, 6) is 0.279. The van der Waals surface area contributed by atoms with Crippen LogP contribution in [0.2, 0.25) is 36.3 Å². The van der Waals surface area contributed by atoms with Crippen LogP contribution in [0.3, 0.4) is 0 Å². The molecule has 176 valence electrons. The average Bonchev–Trinajstić information content (AvgIpc) is 2.59. The Bertz CT molecular complexity index is 896. The van der Waals surface area contributed by atoms with E-state index in [-0.39, 0.29) is 22.4 Å². The lowest BCUT2D eigenvalue weighted by molar-refractivity contribution is -0.137. The van der Waals surface area contributed by atoms with E-state index >= 15 is 0 Å². The highest BCUT2D eigenvalue weighted by atomic mass is 28.4. The lowest BCUT2D eigenvalue weighted by Gasteiger charge is -2.40. The SMILES string of the molecule is [2H]C([2H])([2H])Oc1cc(/C=C/C(=O)OCC)cc(O[Si](C)(C)C(C)(C)C)c1O[Si](C)(C)C(C)(C)C. The molecule has 0 spiro atoms. The fraction of sp³-hybridized carbons (Fsp3) is 0.625. The molecule has 0 aliphatic heterocycles. The minimum absolute atomic E-state index is 0.0598. The maximum absolute atomic E-state index is 11.9. The molecule has 1 aromatic carbocycles. The van der Waals surface area contributed by atoms with Crippen molar-refractivity contribution < 1.29 is 27.2 Å². The first-order valence-corrected chi connectivity index (χ1v) is 16.5.